The van der Waals surface area contributed by atoms with Crippen LogP contribution in [0.3, 0.4) is 0 Å². The molecular formula is C4H15Cl4N2. The van der Waals surface area contributed by atoms with Crippen LogP contribution in [-0.2, 0) is 0 Å². The van der Waals surface area contributed by atoms with E-state index >= 15 is 0 Å². The van der Waals surface area contributed by atoms with Gasteiger partial charge in [0, 0.05) is 0 Å². The summed E-state index contributed by atoms with van der Waals surface area (Å²) < 4.78 is 0. The molecule has 4 N–H and O–H groups in total. The van der Waals surface area contributed by atoms with Crippen molar-refractivity contribution in [3.05, 3.63) is 6.92 Å². The fraction of sp³-hybridized carbons (Fsp3) is 0.750. The van der Waals surface area contributed by atoms with Gasteiger partial charge in [-0.15, -0.1) is 49.6 Å². The summed E-state index contributed by atoms with van der Waals surface area (Å²) in [4.78, 5) is 0. The third-order valence-electron chi connectivity index (χ3n) is 0.537. The maximum absolute atomic E-state index is 5.14. The lowest BCUT2D eigenvalue weighted by atomic mass is 10.3. The molecule has 69 valence electrons. The zero-order valence-electron chi connectivity index (χ0n) is 5.49. The van der Waals surface area contributed by atoms with E-state index in [1.54, 1.807) is 0 Å². The highest BCUT2D eigenvalue weighted by molar-refractivity contribution is 5.86. The van der Waals surface area contributed by atoms with Crippen molar-refractivity contribution >= 4 is 49.6 Å². The second-order valence-electron chi connectivity index (χ2n) is 1.31. The van der Waals surface area contributed by atoms with Crippen LogP contribution < -0.4 is 11.5 Å². The normalized spacial score (nSPS) is 6.00. The fourth-order valence-corrected chi connectivity index (χ4v) is 0.236. The van der Waals surface area contributed by atoms with E-state index in [2.05, 4.69) is 6.92 Å². The maximum Gasteiger partial charge on any atom is 0.0520 e. The minimum atomic E-state index is -0.164. The van der Waals surface area contributed by atoms with Crippen molar-refractivity contribution in [2.45, 2.75) is 19.0 Å². The molecule has 0 aliphatic rings. The van der Waals surface area contributed by atoms with Crippen LogP contribution in [-0.4, -0.2) is 6.17 Å². The van der Waals surface area contributed by atoms with E-state index in [0.717, 1.165) is 12.8 Å². The van der Waals surface area contributed by atoms with Gasteiger partial charge >= 0.3 is 0 Å². The van der Waals surface area contributed by atoms with Crippen molar-refractivity contribution in [1.29, 1.82) is 0 Å². The first-order chi connectivity index (χ1) is 2.77. The van der Waals surface area contributed by atoms with Crippen LogP contribution in [0.1, 0.15) is 12.8 Å². The highest BCUT2D eigenvalue weighted by Crippen LogP contribution is 1.82. The van der Waals surface area contributed by atoms with Crippen molar-refractivity contribution in [2.75, 3.05) is 0 Å². The fourth-order valence-electron chi connectivity index (χ4n) is 0.236. The topological polar surface area (TPSA) is 52.0 Å². The summed E-state index contributed by atoms with van der Waals surface area (Å²) in [5, 5.41) is 0. The summed E-state index contributed by atoms with van der Waals surface area (Å²) in [6.07, 6.45) is 1.49. The highest BCUT2D eigenvalue weighted by Gasteiger charge is 1.85. The summed E-state index contributed by atoms with van der Waals surface area (Å²) in [6, 6.07) is 0. The van der Waals surface area contributed by atoms with Gasteiger partial charge in [0.05, 0.1) is 6.17 Å². The van der Waals surface area contributed by atoms with Gasteiger partial charge in [-0.2, -0.15) is 0 Å². The molecule has 0 unspecified atom stereocenters. The Morgan fingerprint density at radius 1 is 1.00 bits per heavy atom. The van der Waals surface area contributed by atoms with Gasteiger partial charge in [0.25, 0.3) is 0 Å². The van der Waals surface area contributed by atoms with Gasteiger partial charge in [-0.1, -0.05) is 13.3 Å². The number of nitrogens with two attached hydrogens (primary N) is 2. The Labute approximate surface area is 87.1 Å². The summed E-state index contributed by atoms with van der Waals surface area (Å²) in [6.45, 7) is 3.57. The first kappa shape index (κ1) is 30.5. The van der Waals surface area contributed by atoms with Gasteiger partial charge < -0.3 is 11.5 Å². The first-order valence-electron chi connectivity index (χ1n) is 2.07. The second-order valence-corrected chi connectivity index (χ2v) is 1.31. The Hall–Kier alpha value is 1.08. The standard InChI is InChI=1S/C4H11N2.4ClH/c1-2-3-4(5)6;;;;/h4H,1-3,5-6H2;4*1H. The van der Waals surface area contributed by atoms with Crippen molar-refractivity contribution in [2.24, 2.45) is 11.5 Å². The molecule has 0 fully saturated rings. The quantitative estimate of drug-likeness (QED) is 0.710. The monoisotopic (exact) mass is 231 g/mol. The van der Waals surface area contributed by atoms with Crippen LogP contribution in [0.5, 0.6) is 0 Å². The molecule has 0 saturated carbocycles. The number of hydrogen-bond acceptors (Lipinski definition) is 2. The molecule has 10 heavy (non-hydrogen) atoms. The predicted octanol–water partition coefficient (Wildman–Crippen LogP) is 1.53. The first-order valence-corrected chi connectivity index (χ1v) is 2.07. The van der Waals surface area contributed by atoms with Crippen molar-refractivity contribution < 1.29 is 0 Å². The molecule has 2 nitrogen and oxygen atoms in total. The number of hydrogen-bond donors (Lipinski definition) is 2. The lowest BCUT2D eigenvalue weighted by molar-refractivity contribution is 0.646. The summed E-state index contributed by atoms with van der Waals surface area (Å²) in [5.74, 6) is 0. The van der Waals surface area contributed by atoms with Crippen molar-refractivity contribution in [1.82, 2.24) is 0 Å². The summed E-state index contributed by atoms with van der Waals surface area (Å²) in [5.41, 5.74) is 10.3. The number of rotatable bonds is 2. The van der Waals surface area contributed by atoms with Crippen LogP contribution in [0, 0.1) is 6.92 Å². The van der Waals surface area contributed by atoms with Crippen LogP contribution in [0.25, 0.3) is 0 Å². The van der Waals surface area contributed by atoms with Crippen LogP contribution in [0.2, 0.25) is 0 Å². The Balaban J connectivity index is -0.0000000208. The zero-order valence-corrected chi connectivity index (χ0v) is 8.75. The molecule has 0 bridgehead atoms. The molecule has 0 saturated heterocycles. The van der Waals surface area contributed by atoms with Crippen molar-refractivity contribution in [3.63, 3.8) is 0 Å². The predicted molar refractivity (Wildman–Crippen MR) is 55.7 cm³/mol. The lowest BCUT2D eigenvalue weighted by Crippen LogP contribution is -2.29. The third-order valence-corrected chi connectivity index (χ3v) is 0.537. The van der Waals surface area contributed by atoms with Gasteiger partial charge in [0.2, 0.25) is 0 Å². The van der Waals surface area contributed by atoms with E-state index in [9.17, 15) is 0 Å². The van der Waals surface area contributed by atoms with E-state index in [4.69, 9.17) is 11.5 Å². The highest BCUT2D eigenvalue weighted by atomic mass is 35.5. The molecule has 0 aliphatic carbocycles. The van der Waals surface area contributed by atoms with Gasteiger partial charge in [-0.25, -0.2) is 0 Å². The molecule has 0 rings (SSSR count). The average Bonchev–Trinajstić information content (AvgIpc) is 1.35. The van der Waals surface area contributed by atoms with E-state index in [1.807, 2.05) is 0 Å². The average molecular weight is 233 g/mol. The molecule has 0 aromatic heterocycles. The van der Waals surface area contributed by atoms with E-state index in [-0.39, 0.29) is 55.8 Å². The molecule has 0 spiro atoms. The molecule has 0 aromatic rings. The molecular weight excluding hydrogens is 218 g/mol. The molecule has 6 heteroatoms. The largest absolute Gasteiger partial charge is 0.316 e. The lowest BCUT2D eigenvalue weighted by Gasteiger charge is -1.97. The minimum Gasteiger partial charge on any atom is -0.316 e. The van der Waals surface area contributed by atoms with Crippen LogP contribution in [0.15, 0.2) is 0 Å². The van der Waals surface area contributed by atoms with E-state index in [1.165, 1.54) is 0 Å². The molecule has 0 aromatic carbocycles. The Bertz CT molecular complexity index is 36.4. The Kier molecular flexibility index (Phi) is 68.5. The van der Waals surface area contributed by atoms with Gasteiger partial charge in [-0.05, 0) is 6.42 Å². The molecule has 0 amide bonds. The maximum atomic E-state index is 5.14. The molecule has 0 atom stereocenters. The van der Waals surface area contributed by atoms with Crippen LogP contribution in [0.4, 0.5) is 0 Å². The van der Waals surface area contributed by atoms with E-state index < -0.39 is 0 Å². The molecule has 0 aliphatic heterocycles. The van der Waals surface area contributed by atoms with Gasteiger partial charge in [0.15, 0.2) is 0 Å². The number of halogens is 4. The SMILES string of the molecule is Cl.Cl.Cl.Cl.[CH2]CCC(N)N. The van der Waals surface area contributed by atoms with E-state index in [0.29, 0.717) is 0 Å². The summed E-state index contributed by atoms with van der Waals surface area (Å²) in [7, 11) is 0. The Morgan fingerprint density at radius 2 is 1.30 bits per heavy atom. The third kappa shape index (κ3) is 35.6. The molecule has 1 radical (unpaired) electrons. The van der Waals surface area contributed by atoms with Gasteiger partial charge in [0.1, 0.15) is 0 Å². The smallest absolute Gasteiger partial charge is 0.0520 e. The minimum absolute atomic E-state index is 0. The summed E-state index contributed by atoms with van der Waals surface area (Å²) >= 11 is 0. The molecule has 0 heterocycles. The second kappa shape index (κ2) is 22.5. The zero-order chi connectivity index (χ0) is 4.99. The van der Waals surface area contributed by atoms with Crippen molar-refractivity contribution in [3.8, 4) is 0 Å². The van der Waals surface area contributed by atoms with Gasteiger partial charge in [-0.3, -0.25) is 0 Å². The van der Waals surface area contributed by atoms with Crippen LogP contribution >= 0.6 is 49.6 Å². The Morgan fingerprint density at radius 3 is 1.30 bits per heavy atom.